The normalized spacial score (nSPS) is 9.00. The lowest BCUT2D eigenvalue weighted by Gasteiger charge is -1.93. The first-order valence-corrected chi connectivity index (χ1v) is 8.22. The van der Waals surface area contributed by atoms with Crippen LogP contribution in [0.2, 0.25) is 0 Å². The molecule has 0 unspecified atom stereocenters. The number of imidazole rings is 1. The summed E-state index contributed by atoms with van der Waals surface area (Å²) < 4.78 is 12.9. The zero-order chi connectivity index (χ0) is 18.7. The van der Waals surface area contributed by atoms with Crippen LogP contribution < -0.4 is 5.56 Å². The lowest BCUT2D eigenvalue weighted by atomic mass is 10.2. The van der Waals surface area contributed by atoms with Crippen LogP contribution in [0.4, 0.5) is 4.39 Å². The SMILES string of the molecule is CC.CC.Cc1c[nH]c(=O)cc1C.Cc1cc2[nH]cnc2cc1F. The molecule has 0 aliphatic rings. The number of nitrogens with zero attached hydrogens (tertiary/aromatic N) is 1. The summed E-state index contributed by atoms with van der Waals surface area (Å²) in [6.45, 7) is 13.6. The Morgan fingerprint density at radius 3 is 2.04 bits per heavy atom. The Kier molecular flexibility index (Phi) is 10.0. The molecule has 0 aliphatic carbocycles. The van der Waals surface area contributed by atoms with Gasteiger partial charge in [-0.3, -0.25) is 4.79 Å². The second-order valence-electron chi connectivity index (χ2n) is 4.68. The van der Waals surface area contributed by atoms with Gasteiger partial charge in [0.1, 0.15) is 5.82 Å². The molecule has 0 aliphatic heterocycles. The van der Waals surface area contributed by atoms with Crippen LogP contribution >= 0.6 is 0 Å². The molecule has 0 radical (unpaired) electrons. The van der Waals surface area contributed by atoms with Gasteiger partial charge in [-0.15, -0.1) is 0 Å². The van der Waals surface area contributed by atoms with Gasteiger partial charge in [0.15, 0.2) is 0 Å². The number of hydrogen-bond acceptors (Lipinski definition) is 2. The Balaban J connectivity index is 0.000000371. The molecular weight excluding hydrogens is 305 g/mol. The summed E-state index contributed by atoms with van der Waals surface area (Å²) in [6.07, 6.45) is 3.28. The summed E-state index contributed by atoms with van der Waals surface area (Å²) in [6, 6.07) is 4.77. The monoisotopic (exact) mass is 333 g/mol. The second-order valence-corrected chi connectivity index (χ2v) is 4.68. The second kappa shape index (κ2) is 11.2. The average molecular weight is 333 g/mol. The van der Waals surface area contributed by atoms with Gasteiger partial charge >= 0.3 is 0 Å². The van der Waals surface area contributed by atoms with E-state index in [9.17, 15) is 9.18 Å². The van der Waals surface area contributed by atoms with Crippen molar-refractivity contribution in [1.29, 1.82) is 0 Å². The van der Waals surface area contributed by atoms with Gasteiger partial charge in [0, 0.05) is 18.3 Å². The molecule has 0 saturated carbocycles. The first-order chi connectivity index (χ1) is 11.5. The summed E-state index contributed by atoms with van der Waals surface area (Å²) in [5, 5.41) is 0. The highest BCUT2D eigenvalue weighted by Crippen LogP contribution is 2.14. The number of aryl methyl sites for hydroxylation is 3. The molecule has 2 aromatic heterocycles. The number of pyridine rings is 1. The predicted octanol–water partition coefficient (Wildman–Crippen LogP) is 5.05. The van der Waals surface area contributed by atoms with Gasteiger partial charge in [-0.1, -0.05) is 27.7 Å². The van der Waals surface area contributed by atoms with Crippen LogP contribution in [0.1, 0.15) is 44.4 Å². The first kappa shape index (κ1) is 21.6. The summed E-state index contributed by atoms with van der Waals surface area (Å²) in [5.74, 6) is -0.204. The standard InChI is InChI=1S/C8H7FN2.C7H9NO.2C2H6/c1-5-2-7-8(3-6(5)9)11-4-10-7;1-5-3-7(9)8-4-6(5)2;2*1-2/h2-4H,1H3,(H,10,11);3-4H,1-2H3,(H,8,9);2*1-2H3. The maximum absolute atomic E-state index is 12.9. The van der Waals surface area contributed by atoms with Gasteiger partial charge in [0.25, 0.3) is 0 Å². The summed E-state index contributed by atoms with van der Waals surface area (Å²) >= 11 is 0. The van der Waals surface area contributed by atoms with Crippen LogP contribution in [0.5, 0.6) is 0 Å². The smallest absolute Gasteiger partial charge is 0.248 e. The average Bonchev–Trinajstić information content (AvgIpc) is 3.03. The summed E-state index contributed by atoms with van der Waals surface area (Å²) in [4.78, 5) is 20.0. The Bertz CT molecular complexity index is 755. The molecule has 0 bridgehead atoms. The van der Waals surface area contributed by atoms with E-state index in [0.29, 0.717) is 11.1 Å². The van der Waals surface area contributed by atoms with Gasteiger partial charge in [0.2, 0.25) is 5.56 Å². The maximum atomic E-state index is 12.9. The Labute approximate surface area is 143 Å². The van der Waals surface area contributed by atoms with E-state index in [4.69, 9.17) is 0 Å². The quantitative estimate of drug-likeness (QED) is 0.604. The van der Waals surface area contributed by atoms with Crippen LogP contribution in [-0.4, -0.2) is 15.0 Å². The van der Waals surface area contributed by atoms with Gasteiger partial charge in [-0.05, 0) is 43.5 Å². The third-order valence-corrected chi connectivity index (χ3v) is 3.10. The van der Waals surface area contributed by atoms with Crippen molar-refractivity contribution in [3.05, 3.63) is 63.6 Å². The molecule has 0 spiro atoms. The fourth-order valence-electron chi connectivity index (χ4n) is 1.71. The minimum Gasteiger partial charge on any atom is -0.345 e. The minimum atomic E-state index is -0.204. The van der Waals surface area contributed by atoms with E-state index in [2.05, 4.69) is 15.0 Å². The molecule has 0 atom stereocenters. The third kappa shape index (κ3) is 6.36. The van der Waals surface area contributed by atoms with Gasteiger partial charge < -0.3 is 9.97 Å². The molecule has 3 aromatic rings. The first-order valence-electron chi connectivity index (χ1n) is 8.22. The van der Waals surface area contributed by atoms with E-state index in [1.807, 2.05) is 41.5 Å². The molecule has 4 nitrogen and oxygen atoms in total. The molecule has 3 rings (SSSR count). The largest absolute Gasteiger partial charge is 0.345 e. The minimum absolute atomic E-state index is 0.0295. The lowest BCUT2D eigenvalue weighted by Crippen LogP contribution is -2.03. The number of fused-ring (bicyclic) bond motifs is 1. The van der Waals surface area contributed by atoms with Crippen molar-refractivity contribution in [2.24, 2.45) is 0 Å². The van der Waals surface area contributed by atoms with E-state index in [1.165, 1.54) is 6.07 Å². The third-order valence-electron chi connectivity index (χ3n) is 3.10. The Morgan fingerprint density at radius 2 is 1.50 bits per heavy atom. The van der Waals surface area contributed by atoms with Crippen LogP contribution in [0.25, 0.3) is 11.0 Å². The Hall–Kier alpha value is -2.43. The van der Waals surface area contributed by atoms with Crippen LogP contribution in [-0.2, 0) is 0 Å². The maximum Gasteiger partial charge on any atom is 0.248 e. The topological polar surface area (TPSA) is 61.5 Å². The van der Waals surface area contributed by atoms with E-state index in [-0.39, 0.29) is 11.4 Å². The number of halogens is 1. The number of aromatic nitrogens is 3. The van der Waals surface area contributed by atoms with Crippen molar-refractivity contribution in [1.82, 2.24) is 15.0 Å². The summed E-state index contributed by atoms with van der Waals surface area (Å²) in [7, 11) is 0. The van der Waals surface area contributed by atoms with Crippen LogP contribution in [0.15, 0.2) is 35.5 Å². The van der Waals surface area contributed by atoms with Crippen molar-refractivity contribution in [2.75, 3.05) is 0 Å². The van der Waals surface area contributed by atoms with Crippen molar-refractivity contribution < 1.29 is 4.39 Å². The van der Waals surface area contributed by atoms with E-state index >= 15 is 0 Å². The van der Waals surface area contributed by atoms with E-state index in [0.717, 1.165) is 16.6 Å². The van der Waals surface area contributed by atoms with E-state index < -0.39 is 0 Å². The zero-order valence-corrected chi connectivity index (χ0v) is 15.6. The van der Waals surface area contributed by atoms with Crippen molar-refractivity contribution in [3.8, 4) is 0 Å². The fourth-order valence-corrected chi connectivity index (χ4v) is 1.71. The molecular formula is C19H28FN3O. The highest BCUT2D eigenvalue weighted by molar-refractivity contribution is 5.75. The Morgan fingerprint density at radius 1 is 0.875 bits per heavy atom. The van der Waals surface area contributed by atoms with Crippen LogP contribution in [0.3, 0.4) is 0 Å². The number of H-pyrrole nitrogens is 2. The molecule has 2 heterocycles. The molecule has 0 saturated heterocycles. The molecule has 5 heteroatoms. The number of benzene rings is 1. The van der Waals surface area contributed by atoms with Gasteiger partial charge in [0.05, 0.1) is 17.4 Å². The van der Waals surface area contributed by atoms with Gasteiger partial charge in [-0.25, -0.2) is 9.37 Å². The molecule has 2 N–H and O–H groups in total. The molecule has 132 valence electrons. The number of hydrogen-bond donors (Lipinski definition) is 2. The molecule has 1 aromatic carbocycles. The van der Waals surface area contributed by atoms with Crippen molar-refractivity contribution >= 4 is 11.0 Å². The van der Waals surface area contributed by atoms with Crippen molar-refractivity contribution in [2.45, 2.75) is 48.5 Å². The van der Waals surface area contributed by atoms with Crippen molar-refractivity contribution in [3.63, 3.8) is 0 Å². The van der Waals surface area contributed by atoms with Gasteiger partial charge in [-0.2, -0.15) is 0 Å². The molecule has 0 amide bonds. The molecule has 24 heavy (non-hydrogen) atoms. The zero-order valence-electron chi connectivity index (χ0n) is 15.6. The lowest BCUT2D eigenvalue weighted by molar-refractivity contribution is 0.620. The number of nitrogens with one attached hydrogen (secondary N) is 2. The predicted molar refractivity (Wildman–Crippen MR) is 100 cm³/mol. The van der Waals surface area contributed by atoms with E-state index in [1.54, 1.807) is 31.6 Å². The van der Waals surface area contributed by atoms with Crippen LogP contribution in [0, 0.1) is 26.6 Å². The fraction of sp³-hybridized carbons (Fsp3) is 0.368. The number of aromatic amines is 2. The molecule has 0 fully saturated rings. The summed E-state index contributed by atoms with van der Waals surface area (Å²) in [5.41, 5.74) is 4.32. The number of rotatable bonds is 0. The highest BCUT2D eigenvalue weighted by atomic mass is 19.1. The highest BCUT2D eigenvalue weighted by Gasteiger charge is 2.00.